The van der Waals surface area contributed by atoms with Crippen LogP contribution in [0.5, 0.6) is 5.75 Å². The second-order valence-corrected chi connectivity index (χ2v) is 8.38. The van der Waals surface area contributed by atoms with Gasteiger partial charge >= 0.3 is 0 Å². The molecule has 4 fully saturated rings. The Hall–Kier alpha value is -2.34. The number of hydrogen-bond donors (Lipinski definition) is 0. The van der Waals surface area contributed by atoms with Gasteiger partial charge in [-0.3, -0.25) is 14.4 Å². The molecule has 1 amide bonds. The summed E-state index contributed by atoms with van der Waals surface area (Å²) in [7, 11) is 1.74. The van der Waals surface area contributed by atoms with Crippen LogP contribution < -0.4 is 4.74 Å². The Balaban J connectivity index is 1.49. The van der Waals surface area contributed by atoms with Crippen LogP contribution in [0.25, 0.3) is 0 Å². The summed E-state index contributed by atoms with van der Waals surface area (Å²) in [5.41, 5.74) is 2.26. The standard InChI is InChI=1S/C22H28N4O2/c1-15-7-10-23-26(15)14-20(27)25-13-18(17-5-3-4-6-19(17)28-2)22-21(25)16-8-11-24(22)12-9-16/h3-7,10,16,18,21-22H,8-9,11-14H2,1-2H3/t18-,21-,22-/m1/s1. The molecule has 3 atom stereocenters. The maximum atomic E-state index is 13.3. The highest BCUT2D eigenvalue weighted by Gasteiger charge is 2.55. The smallest absolute Gasteiger partial charge is 0.244 e. The van der Waals surface area contributed by atoms with E-state index in [0.29, 0.717) is 30.5 Å². The summed E-state index contributed by atoms with van der Waals surface area (Å²) < 4.78 is 7.49. The molecular formula is C22H28N4O2. The highest BCUT2D eigenvalue weighted by atomic mass is 16.5. The molecule has 2 aromatic rings. The van der Waals surface area contributed by atoms with E-state index in [-0.39, 0.29) is 5.91 Å². The third-order valence-electron chi connectivity index (χ3n) is 7.07. The topological polar surface area (TPSA) is 50.6 Å². The number of carbonyl (C=O) groups is 1. The van der Waals surface area contributed by atoms with Crippen molar-refractivity contribution in [1.82, 2.24) is 19.6 Å². The summed E-state index contributed by atoms with van der Waals surface area (Å²) in [5, 5.41) is 4.32. The monoisotopic (exact) mass is 380 g/mol. The van der Waals surface area contributed by atoms with Crippen molar-refractivity contribution in [3.8, 4) is 5.75 Å². The van der Waals surface area contributed by atoms with Crippen molar-refractivity contribution in [2.24, 2.45) is 5.92 Å². The number of benzene rings is 1. The zero-order valence-corrected chi connectivity index (χ0v) is 16.6. The molecule has 0 radical (unpaired) electrons. The Morgan fingerprint density at radius 1 is 1.18 bits per heavy atom. The minimum Gasteiger partial charge on any atom is -0.496 e. The molecule has 6 rings (SSSR count). The van der Waals surface area contributed by atoms with Gasteiger partial charge in [0, 0.05) is 36.0 Å². The lowest BCUT2D eigenvalue weighted by atomic mass is 9.75. The molecule has 0 aliphatic carbocycles. The van der Waals surface area contributed by atoms with E-state index in [9.17, 15) is 4.79 Å². The molecule has 0 spiro atoms. The molecule has 6 nitrogen and oxygen atoms in total. The lowest BCUT2D eigenvalue weighted by Crippen LogP contribution is -2.61. The van der Waals surface area contributed by atoms with E-state index in [0.717, 1.165) is 31.1 Å². The number of amides is 1. The third kappa shape index (κ3) is 2.73. The number of carbonyl (C=O) groups excluding carboxylic acids is 1. The number of ether oxygens (including phenoxy) is 1. The van der Waals surface area contributed by atoms with Gasteiger partial charge in [-0.15, -0.1) is 0 Å². The molecule has 4 aliphatic rings. The summed E-state index contributed by atoms with van der Waals surface area (Å²) in [6.07, 6.45) is 4.16. The lowest BCUT2D eigenvalue weighted by molar-refractivity contribution is -0.136. The van der Waals surface area contributed by atoms with E-state index in [1.807, 2.05) is 29.8 Å². The summed E-state index contributed by atoms with van der Waals surface area (Å²) in [6.45, 7) is 5.39. The van der Waals surface area contributed by atoms with Crippen molar-refractivity contribution in [2.75, 3.05) is 26.7 Å². The van der Waals surface area contributed by atoms with Gasteiger partial charge in [-0.2, -0.15) is 5.10 Å². The van der Waals surface area contributed by atoms with Crippen LogP contribution in [0.4, 0.5) is 0 Å². The first-order valence-electron chi connectivity index (χ1n) is 10.3. The van der Waals surface area contributed by atoms with Crippen molar-refractivity contribution in [3.05, 3.63) is 47.8 Å². The molecule has 5 heterocycles. The van der Waals surface area contributed by atoms with Crippen LogP contribution >= 0.6 is 0 Å². The highest BCUT2D eigenvalue weighted by molar-refractivity contribution is 5.77. The van der Waals surface area contributed by atoms with Crippen LogP contribution in [-0.2, 0) is 11.3 Å². The highest BCUT2D eigenvalue weighted by Crippen LogP contribution is 2.48. The number of nitrogens with zero attached hydrogens (tertiary/aromatic N) is 4. The second kappa shape index (κ2) is 6.92. The van der Waals surface area contributed by atoms with Gasteiger partial charge in [-0.05, 0) is 50.9 Å². The Bertz CT molecular complexity index is 871. The molecule has 0 saturated carbocycles. The zero-order valence-electron chi connectivity index (χ0n) is 16.6. The van der Waals surface area contributed by atoms with Gasteiger partial charge in [0.1, 0.15) is 12.3 Å². The molecule has 28 heavy (non-hydrogen) atoms. The molecule has 4 aliphatic heterocycles. The van der Waals surface area contributed by atoms with Crippen molar-refractivity contribution < 1.29 is 9.53 Å². The van der Waals surface area contributed by atoms with E-state index < -0.39 is 0 Å². The molecule has 2 bridgehead atoms. The van der Waals surface area contributed by atoms with Gasteiger partial charge < -0.3 is 9.64 Å². The molecule has 0 unspecified atom stereocenters. The summed E-state index contributed by atoms with van der Waals surface area (Å²) in [4.78, 5) is 18.1. The van der Waals surface area contributed by atoms with E-state index in [1.165, 1.54) is 18.4 Å². The van der Waals surface area contributed by atoms with E-state index >= 15 is 0 Å². The van der Waals surface area contributed by atoms with Crippen molar-refractivity contribution >= 4 is 5.91 Å². The van der Waals surface area contributed by atoms with Gasteiger partial charge in [-0.1, -0.05) is 18.2 Å². The SMILES string of the molecule is COc1ccccc1[C@H]1CN(C(=O)Cn2nccc2C)[C@@H]2C3CCN(CC3)[C@H]12. The number of hydrogen-bond acceptors (Lipinski definition) is 4. The van der Waals surface area contributed by atoms with Crippen LogP contribution in [0, 0.1) is 12.8 Å². The number of methoxy groups -OCH3 is 1. The Labute approximate surface area is 166 Å². The van der Waals surface area contributed by atoms with E-state index in [1.54, 1.807) is 13.3 Å². The molecule has 1 aromatic heterocycles. The molecule has 148 valence electrons. The Morgan fingerprint density at radius 2 is 1.96 bits per heavy atom. The number of piperidine rings is 3. The average Bonchev–Trinajstić information content (AvgIpc) is 3.34. The van der Waals surface area contributed by atoms with Gasteiger partial charge in [0.2, 0.25) is 5.91 Å². The fourth-order valence-corrected chi connectivity index (χ4v) is 5.73. The molecule has 1 aromatic carbocycles. The lowest BCUT2D eigenvalue weighted by Gasteiger charge is -2.51. The largest absolute Gasteiger partial charge is 0.496 e. The summed E-state index contributed by atoms with van der Waals surface area (Å²) in [6, 6.07) is 11.0. The third-order valence-corrected chi connectivity index (χ3v) is 7.07. The summed E-state index contributed by atoms with van der Waals surface area (Å²) >= 11 is 0. The first kappa shape index (κ1) is 17.7. The normalized spacial score (nSPS) is 31.1. The van der Waals surface area contributed by atoms with E-state index in [2.05, 4.69) is 27.0 Å². The van der Waals surface area contributed by atoms with Crippen LogP contribution in [0.15, 0.2) is 36.5 Å². The molecule has 4 saturated heterocycles. The van der Waals surface area contributed by atoms with Crippen LogP contribution in [0.1, 0.15) is 30.0 Å². The number of aromatic nitrogens is 2. The number of likely N-dealkylation sites (tertiary alicyclic amines) is 1. The fourth-order valence-electron chi connectivity index (χ4n) is 5.73. The average molecular weight is 380 g/mol. The van der Waals surface area contributed by atoms with Gasteiger partial charge in [0.05, 0.1) is 13.2 Å². The minimum absolute atomic E-state index is 0.188. The maximum Gasteiger partial charge on any atom is 0.244 e. The van der Waals surface area contributed by atoms with Gasteiger partial charge in [-0.25, -0.2) is 0 Å². The summed E-state index contributed by atoms with van der Waals surface area (Å²) in [5.74, 6) is 2.03. The predicted octanol–water partition coefficient (Wildman–Crippen LogP) is 2.29. The predicted molar refractivity (Wildman–Crippen MR) is 106 cm³/mol. The fraction of sp³-hybridized carbons (Fsp3) is 0.545. The molecule has 6 heteroatoms. The van der Waals surface area contributed by atoms with E-state index in [4.69, 9.17) is 4.74 Å². The van der Waals surface area contributed by atoms with Crippen molar-refractivity contribution in [2.45, 2.75) is 44.3 Å². The van der Waals surface area contributed by atoms with Gasteiger partial charge in [0.15, 0.2) is 0 Å². The number of fused-ring (bicyclic) bond motifs is 2. The quantitative estimate of drug-likeness (QED) is 0.817. The zero-order chi connectivity index (χ0) is 19.3. The Morgan fingerprint density at radius 3 is 2.68 bits per heavy atom. The Kier molecular flexibility index (Phi) is 4.38. The van der Waals surface area contributed by atoms with Gasteiger partial charge in [0.25, 0.3) is 0 Å². The minimum atomic E-state index is 0.188. The first-order valence-corrected chi connectivity index (χ1v) is 10.3. The van der Waals surface area contributed by atoms with Crippen molar-refractivity contribution in [1.29, 1.82) is 0 Å². The second-order valence-electron chi connectivity index (χ2n) is 8.38. The van der Waals surface area contributed by atoms with Crippen molar-refractivity contribution in [3.63, 3.8) is 0 Å². The maximum absolute atomic E-state index is 13.3. The number of rotatable bonds is 4. The number of aryl methyl sites for hydroxylation is 1. The first-order chi connectivity index (χ1) is 13.7. The van der Waals surface area contributed by atoms with Crippen LogP contribution in [-0.4, -0.2) is 64.3 Å². The molecular weight excluding hydrogens is 352 g/mol. The van der Waals surface area contributed by atoms with Crippen LogP contribution in [0.3, 0.4) is 0 Å². The number of para-hydroxylation sites is 1. The van der Waals surface area contributed by atoms with Crippen LogP contribution in [0.2, 0.25) is 0 Å². The molecule has 0 N–H and O–H groups in total.